The van der Waals surface area contributed by atoms with Crippen LogP contribution in [0.3, 0.4) is 0 Å². The van der Waals surface area contributed by atoms with Crippen LogP contribution in [0, 0.1) is 17.5 Å². The monoisotopic (exact) mass is 350 g/mol. The Balaban J connectivity index is 2.33. The first-order valence-corrected chi connectivity index (χ1v) is 7.23. The van der Waals surface area contributed by atoms with E-state index >= 15 is 0 Å². The third kappa shape index (κ3) is 2.37. The van der Waals surface area contributed by atoms with Crippen molar-refractivity contribution < 1.29 is 27.5 Å². The van der Waals surface area contributed by atoms with E-state index in [4.69, 9.17) is 10.5 Å². The van der Waals surface area contributed by atoms with E-state index < -0.39 is 41.4 Å². The molecule has 0 fully saturated rings. The molecule has 2 aromatic carbocycles. The number of nitrogens with two attached hydrogens (primary N) is 1. The molecule has 0 unspecified atom stereocenters. The maximum absolute atomic E-state index is 14.6. The number of ether oxygens (including phenoxy) is 1. The zero-order valence-corrected chi connectivity index (χ0v) is 13.1. The Labute approximate surface area is 140 Å². The number of carbonyl (C=O) groups excluding carboxylic acids is 2. The van der Waals surface area contributed by atoms with Crippen LogP contribution in [0.4, 0.5) is 18.9 Å². The Bertz CT molecular complexity index is 870. The van der Waals surface area contributed by atoms with Gasteiger partial charge in [0.1, 0.15) is 12.4 Å². The number of nitrogens with zero attached hydrogens (tertiary/aromatic N) is 1. The zero-order chi connectivity index (χ0) is 18.4. The number of rotatable bonds is 4. The minimum Gasteiger partial charge on any atom is -0.368 e. The summed E-state index contributed by atoms with van der Waals surface area (Å²) in [6.07, 6.45) is 0. The molecular weight excluding hydrogens is 337 g/mol. The van der Waals surface area contributed by atoms with Crippen LogP contribution in [-0.4, -0.2) is 25.5 Å². The Morgan fingerprint density at radius 3 is 2.36 bits per heavy atom. The van der Waals surface area contributed by atoms with Crippen LogP contribution < -0.4 is 10.6 Å². The van der Waals surface area contributed by atoms with E-state index in [1.54, 1.807) is 0 Å². The lowest BCUT2D eigenvalue weighted by atomic mass is 9.86. The Morgan fingerprint density at radius 2 is 1.80 bits per heavy atom. The summed E-state index contributed by atoms with van der Waals surface area (Å²) in [5.41, 5.74) is 2.79. The van der Waals surface area contributed by atoms with Crippen molar-refractivity contribution in [3.63, 3.8) is 0 Å². The van der Waals surface area contributed by atoms with Gasteiger partial charge in [-0.15, -0.1) is 0 Å². The van der Waals surface area contributed by atoms with Gasteiger partial charge in [-0.25, -0.2) is 13.2 Å². The topological polar surface area (TPSA) is 72.6 Å². The number of methoxy groups -OCH3 is 1. The first-order valence-electron chi connectivity index (χ1n) is 7.23. The van der Waals surface area contributed by atoms with Gasteiger partial charge in [0.05, 0.1) is 11.3 Å². The molecule has 0 radical (unpaired) electrons. The lowest BCUT2D eigenvalue weighted by Crippen LogP contribution is -2.45. The Morgan fingerprint density at radius 1 is 1.16 bits per heavy atom. The van der Waals surface area contributed by atoms with Gasteiger partial charge in [-0.3, -0.25) is 14.5 Å². The highest BCUT2D eigenvalue weighted by Gasteiger charge is 2.55. The number of hydrogen-bond donors (Lipinski definition) is 1. The van der Waals surface area contributed by atoms with E-state index in [1.807, 2.05) is 0 Å². The van der Waals surface area contributed by atoms with Crippen molar-refractivity contribution in [2.24, 2.45) is 5.73 Å². The lowest BCUT2D eigenvalue weighted by molar-refractivity contribution is -0.136. The first-order chi connectivity index (χ1) is 11.8. The van der Waals surface area contributed by atoms with Crippen LogP contribution in [0.5, 0.6) is 0 Å². The van der Waals surface area contributed by atoms with Crippen LogP contribution in [0.2, 0.25) is 0 Å². The molecule has 3 rings (SSSR count). The number of fused-ring (bicyclic) bond motifs is 1. The first kappa shape index (κ1) is 17.0. The fourth-order valence-electron chi connectivity index (χ4n) is 3.08. The molecular formula is C17H13F3N2O3. The predicted octanol–water partition coefficient (Wildman–Crippen LogP) is 1.83. The van der Waals surface area contributed by atoms with Crippen molar-refractivity contribution in [2.75, 3.05) is 18.6 Å². The van der Waals surface area contributed by atoms with Crippen LogP contribution in [0.15, 0.2) is 36.4 Å². The molecule has 2 amide bonds. The summed E-state index contributed by atoms with van der Waals surface area (Å²) in [6, 6.07) is 6.61. The third-order valence-corrected chi connectivity index (χ3v) is 4.13. The SMILES string of the molecule is CO[C@]1(c2ccc(F)cc2)C(=O)N(CC(N)=O)c2ccc(F)c(F)c21. The summed E-state index contributed by atoms with van der Waals surface area (Å²) >= 11 is 0. The molecule has 0 saturated carbocycles. The highest BCUT2D eigenvalue weighted by molar-refractivity contribution is 6.11. The molecule has 8 heteroatoms. The number of halogens is 3. The van der Waals surface area contributed by atoms with Gasteiger partial charge < -0.3 is 10.5 Å². The molecule has 2 aromatic rings. The second kappa shape index (κ2) is 5.89. The summed E-state index contributed by atoms with van der Waals surface area (Å²) in [6.45, 7) is -0.538. The average molecular weight is 350 g/mol. The van der Waals surface area contributed by atoms with Crippen LogP contribution in [-0.2, 0) is 19.9 Å². The van der Waals surface area contributed by atoms with Crippen LogP contribution >= 0.6 is 0 Å². The molecule has 1 aliphatic rings. The molecule has 0 saturated heterocycles. The molecule has 1 atom stereocenters. The molecule has 1 heterocycles. The largest absolute Gasteiger partial charge is 0.368 e. The summed E-state index contributed by atoms with van der Waals surface area (Å²) in [4.78, 5) is 25.2. The minimum absolute atomic E-state index is 0.0334. The van der Waals surface area contributed by atoms with E-state index in [-0.39, 0.29) is 16.8 Å². The van der Waals surface area contributed by atoms with Gasteiger partial charge in [0.15, 0.2) is 11.6 Å². The van der Waals surface area contributed by atoms with Gasteiger partial charge in [0, 0.05) is 7.11 Å². The molecule has 0 bridgehead atoms. The van der Waals surface area contributed by atoms with Crippen molar-refractivity contribution in [2.45, 2.75) is 5.60 Å². The zero-order valence-electron chi connectivity index (χ0n) is 13.1. The van der Waals surface area contributed by atoms with Gasteiger partial charge in [0.25, 0.3) is 5.91 Å². The molecule has 25 heavy (non-hydrogen) atoms. The highest BCUT2D eigenvalue weighted by atomic mass is 19.2. The fourth-order valence-corrected chi connectivity index (χ4v) is 3.08. The van der Waals surface area contributed by atoms with Gasteiger partial charge in [0.2, 0.25) is 11.5 Å². The standard InChI is InChI=1S/C17H13F3N2O3/c1-25-17(9-2-4-10(18)5-3-9)14-12(7-6-11(19)15(14)20)22(16(17)24)8-13(21)23/h2-7H,8H2,1H3,(H2,21,23)/t17-/m0/s1. The molecule has 1 aliphatic heterocycles. The van der Waals surface area contributed by atoms with Gasteiger partial charge in [-0.1, -0.05) is 12.1 Å². The fraction of sp³-hybridized carbons (Fsp3) is 0.176. The second-order valence-electron chi connectivity index (χ2n) is 5.51. The van der Waals surface area contributed by atoms with E-state index in [0.29, 0.717) is 0 Å². The maximum atomic E-state index is 14.6. The van der Waals surface area contributed by atoms with Crippen molar-refractivity contribution in [3.8, 4) is 0 Å². The maximum Gasteiger partial charge on any atom is 0.269 e. The van der Waals surface area contributed by atoms with E-state index in [0.717, 1.165) is 30.2 Å². The summed E-state index contributed by atoms with van der Waals surface area (Å²) in [5.74, 6) is -4.70. The molecule has 130 valence electrons. The quantitative estimate of drug-likeness (QED) is 0.914. The van der Waals surface area contributed by atoms with Crippen molar-refractivity contribution in [3.05, 3.63) is 65.0 Å². The number of hydrogen-bond acceptors (Lipinski definition) is 3. The summed E-state index contributed by atoms with van der Waals surface area (Å²) in [5, 5.41) is 0. The Hall–Kier alpha value is -2.87. The summed E-state index contributed by atoms with van der Waals surface area (Å²) in [7, 11) is 1.14. The number of anilines is 1. The minimum atomic E-state index is -2.05. The lowest BCUT2D eigenvalue weighted by Gasteiger charge is -2.28. The number of primary amides is 1. The average Bonchev–Trinajstić information content (AvgIpc) is 2.81. The van der Waals surface area contributed by atoms with Crippen molar-refractivity contribution in [1.29, 1.82) is 0 Å². The molecule has 5 nitrogen and oxygen atoms in total. The van der Waals surface area contributed by atoms with Crippen molar-refractivity contribution >= 4 is 17.5 Å². The second-order valence-corrected chi connectivity index (χ2v) is 5.51. The van der Waals surface area contributed by atoms with E-state index in [1.165, 1.54) is 18.2 Å². The molecule has 0 spiro atoms. The summed E-state index contributed by atoms with van der Waals surface area (Å²) < 4.78 is 47.0. The molecule has 2 N–H and O–H groups in total. The predicted molar refractivity (Wildman–Crippen MR) is 82.1 cm³/mol. The smallest absolute Gasteiger partial charge is 0.269 e. The third-order valence-electron chi connectivity index (χ3n) is 4.13. The normalized spacial score (nSPS) is 19.2. The van der Waals surface area contributed by atoms with Crippen LogP contribution in [0.1, 0.15) is 11.1 Å². The molecule has 0 aliphatic carbocycles. The van der Waals surface area contributed by atoms with Crippen LogP contribution in [0.25, 0.3) is 0 Å². The van der Waals surface area contributed by atoms with Gasteiger partial charge in [-0.2, -0.15) is 0 Å². The van der Waals surface area contributed by atoms with Crippen molar-refractivity contribution in [1.82, 2.24) is 0 Å². The van der Waals surface area contributed by atoms with Gasteiger partial charge in [-0.05, 0) is 29.8 Å². The number of benzene rings is 2. The van der Waals surface area contributed by atoms with Gasteiger partial charge >= 0.3 is 0 Å². The molecule has 0 aromatic heterocycles. The highest BCUT2D eigenvalue weighted by Crippen LogP contribution is 2.48. The van der Waals surface area contributed by atoms with E-state index in [2.05, 4.69) is 0 Å². The Kier molecular flexibility index (Phi) is 4.00. The van der Waals surface area contributed by atoms with E-state index in [9.17, 15) is 22.8 Å². The number of amides is 2. The number of carbonyl (C=O) groups is 2.